The lowest BCUT2D eigenvalue weighted by Crippen LogP contribution is -2.16. The first-order valence-corrected chi connectivity index (χ1v) is 4.11. The van der Waals surface area contributed by atoms with E-state index in [0.717, 1.165) is 0 Å². The fraction of sp³-hybridized carbons (Fsp3) is 0.143. The van der Waals surface area contributed by atoms with Crippen LogP contribution in [0.5, 0.6) is 0 Å². The van der Waals surface area contributed by atoms with E-state index in [1.54, 1.807) is 0 Å². The van der Waals surface area contributed by atoms with Gasteiger partial charge < -0.3 is 5.11 Å². The van der Waals surface area contributed by atoms with Crippen molar-refractivity contribution in [3.05, 3.63) is 22.7 Å². The third-order valence-electron chi connectivity index (χ3n) is 1.23. The molecule has 5 nitrogen and oxygen atoms in total. The van der Waals surface area contributed by atoms with E-state index in [1.807, 2.05) is 0 Å². The molecule has 1 rings (SSSR count). The van der Waals surface area contributed by atoms with Crippen LogP contribution < -0.4 is 0 Å². The molecule has 1 aromatic rings. The Hall–Kier alpha value is -1.30. The van der Waals surface area contributed by atoms with Crippen molar-refractivity contribution in [2.75, 3.05) is 0 Å². The van der Waals surface area contributed by atoms with Crippen LogP contribution in [0, 0.1) is 0 Å². The van der Waals surface area contributed by atoms with Crippen LogP contribution in [0.15, 0.2) is 16.9 Å². The summed E-state index contributed by atoms with van der Waals surface area (Å²) in [6.45, 7) is 0. The quantitative estimate of drug-likeness (QED) is 0.781. The number of carbonyl (C=O) groups excluding carboxylic acids is 1. The molecule has 0 aromatic carbocycles. The molecule has 0 aliphatic heterocycles. The van der Waals surface area contributed by atoms with Crippen molar-refractivity contribution in [2.45, 2.75) is 6.42 Å². The lowest BCUT2D eigenvalue weighted by Gasteiger charge is -1.95. The molecule has 1 N–H and O–H groups in total. The van der Waals surface area contributed by atoms with Gasteiger partial charge in [-0.25, -0.2) is 14.8 Å². The minimum absolute atomic E-state index is 0.204. The maximum atomic E-state index is 10.7. The smallest absolute Gasteiger partial charge is 0.372 e. The minimum atomic E-state index is -1.47. The Balaban J connectivity index is 2.70. The van der Waals surface area contributed by atoms with Gasteiger partial charge in [0.1, 0.15) is 5.82 Å². The molecular formula is C7H5BrN2O3. The second kappa shape index (κ2) is 4.08. The fourth-order valence-electron chi connectivity index (χ4n) is 0.650. The Kier molecular flexibility index (Phi) is 3.07. The van der Waals surface area contributed by atoms with E-state index in [4.69, 9.17) is 5.11 Å². The number of halogens is 1. The van der Waals surface area contributed by atoms with Crippen molar-refractivity contribution in [3.8, 4) is 0 Å². The van der Waals surface area contributed by atoms with Gasteiger partial charge in [0.25, 0.3) is 0 Å². The second-order valence-electron chi connectivity index (χ2n) is 2.22. The summed E-state index contributed by atoms with van der Waals surface area (Å²) in [5.74, 6) is -2.18. The van der Waals surface area contributed by atoms with E-state index in [-0.39, 0.29) is 12.2 Å². The third kappa shape index (κ3) is 2.90. The van der Waals surface area contributed by atoms with Crippen molar-refractivity contribution in [3.63, 3.8) is 0 Å². The molecule has 0 radical (unpaired) electrons. The third-order valence-corrected chi connectivity index (χ3v) is 1.64. The molecule has 6 heteroatoms. The predicted molar refractivity (Wildman–Crippen MR) is 46.1 cm³/mol. The number of carboxylic acids is 1. The molecule has 0 saturated carbocycles. The number of nitrogens with zero attached hydrogens (tertiary/aromatic N) is 2. The summed E-state index contributed by atoms with van der Waals surface area (Å²) in [6.07, 6.45) is 2.64. The normalized spacial score (nSPS) is 9.62. The topological polar surface area (TPSA) is 80.1 Å². The Bertz CT molecular complexity index is 336. The highest BCUT2D eigenvalue weighted by molar-refractivity contribution is 9.10. The molecule has 1 heterocycles. The largest absolute Gasteiger partial charge is 0.475 e. The lowest BCUT2D eigenvalue weighted by atomic mass is 10.3. The van der Waals surface area contributed by atoms with E-state index in [2.05, 4.69) is 25.9 Å². The summed E-state index contributed by atoms with van der Waals surface area (Å²) in [5.41, 5.74) is 0. The van der Waals surface area contributed by atoms with Gasteiger partial charge in [-0.2, -0.15) is 0 Å². The molecule has 1 aromatic heterocycles. The van der Waals surface area contributed by atoms with Gasteiger partial charge in [0.2, 0.25) is 5.78 Å². The summed E-state index contributed by atoms with van der Waals surface area (Å²) in [6, 6.07) is 0. The number of aromatic nitrogens is 2. The number of hydrogen-bond acceptors (Lipinski definition) is 4. The standard InChI is InChI=1S/C7H5BrN2O3/c8-4-2-9-6(10-3-4)1-5(11)7(12)13/h2-3H,1H2,(H,12,13). The Morgan fingerprint density at radius 3 is 2.38 bits per heavy atom. The number of Topliss-reactive ketones (excluding diaryl/α,β-unsaturated/α-hetero) is 1. The van der Waals surface area contributed by atoms with Crippen molar-refractivity contribution >= 4 is 27.7 Å². The molecule has 0 atom stereocenters. The zero-order valence-corrected chi connectivity index (χ0v) is 7.98. The second-order valence-corrected chi connectivity index (χ2v) is 3.14. The van der Waals surface area contributed by atoms with Crippen LogP contribution in [-0.2, 0) is 16.0 Å². The highest BCUT2D eigenvalue weighted by atomic mass is 79.9. The summed E-state index contributed by atoms with van der Waals surface area (Å²) < 4.78 is 0.680. The summed E-state index contributed by atoms with van der Waals surface area (Å²) >= 11 is 3.11. The monoisotopic (exact) mass is 244 g/mol. The Morgan fingerprint density at radius 1 is 1.38 bits per heavy atom. The molecule has 0 aliphatic carbocycles. The Morgan fingerprint density at radius 2 is 1.92 bits per heavy atom. The predicted octanol–water partition coefficient (Wildman–Crippen LogP) is 0.435. The van der Waals surface area contributed by atoms with Crippen LogP contribution >= 0.6 is 15.9 Å². The molecule has 0 amide bonds. The number of ketones is 1. The minimum Gasteiger partial charge on any atom is -0.475 e. The molecule has 68 valence electrons. The first-order chi connectivity index (χ1) is 6.09. The SMILES string of the molecule is O=C(O)C(=O)Cc1ncc(Br)cn1. The number of aliphatic carboxylic acids is 1. The molecule has 0 saturated heterocycles. The lowest BCUT2D eigenvalue weighted by molar-refractivity contribution is -0.148. The van der Waals surface area contributed by atoms with Crippen LogP contribution in [0.2, 0.25) is 0 Å². The van der Waals surface area contributed by atoms with Crippen LogP contribution in [-0.4, -0.2) is 26.8 Å². The van der Waals surface area contributed by atoms with E-state index in [1.165, 1.54) is 12.4 Å². The zero-order valence-electron chi connectivity index (χ0n) is 6.40. The van der Waals surface area contributed by atoms with Gasteiger partial charge in [0.15, 0.2) is 0 Å². The summed E-state index contributed by atoms with van der Waals surface area (Å²) in [7, 11) is 0. The van der Waals surface area contributed by atoms with Crippen molar-refractivity contribution < 1.29 is 14.7 Å². The van der Waals surface area contributed by atoms with Crippen LogP contribution in [0.1, 0.15) is 5.82 Å². The molecule has 0 unspecified atom stereocenters. The first kappa shape index (κ1) is 9.79. The molecule has 0 fully saturated rings. The van der Waals surface area contributed by atoms with Gasteiger partial charge in [-0.05, 0) is 15.9 Å². The highest BCUT2D eigenvalue weighted by Gasteiger charge is 2.13. The van der Waals surface area contributed by atoms with Crippen molar-refractivity contribution in [2.24, 2.45) is 0 Å². The average Bonchev–Trinajstić information content (AvgIpc) is 2.08. The van der Waals surface area contributed by atoms with E-state index < -0.39 is 11.8 Å². The molecule has 0 aliphatic rings. The van der Waals surface area contributed by atoms with Gasteiger partial charge in [-0.1, -0.05) is 0 Å². The fourth-order valence-corrected chi connectivity index (χ4v) is 0.854. The molecular weight excluding hydrogens is 240 g/mol. The average molecular weight is 245 g/mol. The Labute approximate surface area is 82.0 Å². The van der Waals surface area contributed by atoms with Crippen LogP contribution in [0.3, 0.4) is 0 Å². The van der Waals surface area contributed by atoms with E-state index in [0.29, 0.717) is 4.47 Å². The molecule has 13 heavy (non-hydrogen) atoms. The van der Waals surface area contributed by atoms with Gasteiger partial charge in [0, 0.05) is 12.4 Å². The molecule has 0 bridgehead atoms. The van der Waals surface area contributed by atoms with Crippen LogP contribution in [0.4, 0.5) is 0 Å². The highest BCUT2D eigenvalue weighted by Crippen LogP contribution is 2.04. The van der Waals surface area contributed by atoms with E-state index >= 15 is 0 Å². The first-order valence-electron chi connectivity index (χ1n) is 3.32. The van der Waals surface area contributed by atoms with Crippen LogP contribution in [0.25, 0.3) is 0 Å². The summed E-state index contributed by atoms with van der Waals surface area (Å²) in [5, 5.41) is 8.28. The maximum absolute atomic E-state index is 10.7. The zero-order chi connectivity index (χ0) is 9.84. The van der Waals surface area contributed by atoms with Gasteiger partial charge in [-0.15, -0.1) is 0 Å². The van der Waals surface area contributed by atoms with Gasteiger partial charge in [-0.3, -0.25) is 4.79 Å². The number of carbonyl (C=O) groups is 2. The number of rotatable bonds is 3. The van der Waals surface area contributed by atoms with Crippen molar-refractivity contribution in [1.82, 2.24) is 9.97 Å². The van der Waals surface area contributed by atoms with Gasteiger partial charge >= 0.3 is 5.97 Å². The van der Waals surface area contributed by atoms with E-state index in [9.17, 15) is 9.59 Å². The molecule has 0 spiro atoms. The summed E-state index contributed by atoms with van der Waals surface area (Å²) in [4.78, 5) is 28.4. The maximum Gasteiger partial charge on any atom is 0.372 e. The van der Waals surface area contributed by atoms with Gasteiger partial charge in [0.05, 0.1) is 10.9 Å². The number of hydrogen-bond donors (Lipinski definition) is 1. The number of carboxylic acid groups (broad SMARTS) is 1. The van der Waals surface area contributed by atoms with Crippen molar-refractivity contribution in [1.29, 1.82) is 0 Å².